The Kier molecular flexibility index (Phi) is 6.01. The van der Waals surface area contributed by atoms with Gasteiger partial charge in [0.1, 0.15) is 0 Å². The number of carbonyl (C=O) groups is 1. The highest BCUT2D eigenvalue weighted by atomic mass is 35.5. The lowest BCUT2D eigenvalue weighted by Crippen LogP contribution is -2.26. The Morgan fingerprint density at radius 3 is 2.82 bits per heavy atom. The number of amides is 1. The standard InChI is InChI=1S/C13H19ClN2O/c1-15-9-4-3-8-13(17)16(2)12-7-5-6-11(14)10-12/h5-7,10,15H,3-4,8-9H2,1-2H3. The molecule has 0 aliphatic rings. The summed E-state index contributed by atoms with van der Waals surface area (Å²) in [6.07, 6.45) is 2.50. The lowest BCUT2D eigenvalue weighted by Gasteiger charge is -2.17. The molecule has 0 atom stereocenters. The molecule has 4 heteroatoms. The van der Waals surface area contributed by atoms with Crippen molar-refractivity contribution in [3.8, 4) is 0 Å². The Hall–Kier alpha value is -1.06. The summed E-state index contributed by atoms with van der Waals surface area (Å²) in [6.45, 7) is 0.953. The molecule has 1 aromatic rings. The highest BCUT2D eigenvalue weighted by molar-refractivity contribution is 6.30. The maximum atomic E-state index is 11.9. The van der Waals surface area contributed by atoms with Crippen LogP contribution in [-0.2, 0) is 4.79 Å². The lowest BCUT2D eigenvalue weighted by molar-refractivity contribution is -0.118. The van der Waals surface area contributed by atoms with Crippen molar-refractivity contribution in [2.45, 2.75) is 19.3 Å². The molecule has 0 unspecified atom stereocenters. The normalized spacial score (nSPS) is 10.3. The van der Waals surface area contributed by atoms with Gasteiger partial charge in [-0.1, -0.05) is 17.7 Å². The number of benzene rings is 1. The van der Waals surface area contributed by atoms with E-state index >= 15 is 0 Å². The maximum absolute atomic E-state index is 11.9. The first kappa shape index (κ1) is 14.0. The average molecular weight is 255 g/mol. The number of hydrogen-bond acceptors (Lipinski definition) is 2. The van der Waals surface area contributed by atoms with Gasteiger partial charge in [0.25, 0.3) is 0 Å². The molecule has 0 fully saturated rings. The molecule has 1 N–H and O–H groups in total. The van der Waals surface area contributed by atoms with Crippen LogP contribution in [0.15, 0.2) is 24.3 Å². The van der Waals surface area contributed by atoms with Crippen LogP contribution >= 0.6 is 11.6 Å². The van der Waals surface area contributed by atoms with E-state index in [9.17, 15) is 4.79 Å². The van der Waals surface area contributed by atoms with E-state index in [1.54, 1.807) is 24.1 Å². The van der Waals surface area contributed by atoms with Gasteiger partial charge in [0.15, 0.2) is 0 Å². The molecular weight excluding hydrogens is 236 g/mol. The molecule has 0 saturated heterocycles. The largest absolute Gasteiger partial charge is 0.320 e. The minimum absolute atomic E-state index is 0.128. The first-order valence-electron chi connectivity index (χ1n) is 5.82. The fourth-order valence-corrected chi connectivity index (χ4v) is 1.76. The molecule has 1 rings (SSSR count). The van der Waals surface area contributed by atoms with Crippen molar-refractivity contribution in [2.24, 2.45) is 0 Å². The van der Waals surface area contributed by atoms with Crippen LogP contribution in [0.1, 0.15) is 19.3 Å². The second-order valence-electron chi connectivity index (χ2n) is 3.99. The van der Waals surface area contributed by atoms with Crippen LogP contribution in [0.4, 0.5) is 5.69 Å². The van der Waals surface area contributed by atoms with Gasteiger partial charge >= 0.3 is 0 Å². The number of unbranched alkanes of at least 4 members (excludes halogenated alkanes) is 1. The van der Waals surface area contributed by atoms with Crippen molar-refractivity contribution in [3.05, 3.63) is 29.3 Å². The highest BCUT2D eigenvalue weighted by Crippen LogP contribution is 2.19. The van der Waals surface area contributed by atoms with E-state index in [0.29, 0.717) is 11.4 Å². The van der Waals surface area contributed by atoms with Crippen molar-refractivity contribution < 1.29 is 4.79 Å². The van der Waals surface area contributed by atoms with Gasteiger partial charge in [-0.15, -0.1) is 0 Å². The zero-order chi connectivity index (χ0) is 12.7. The smallest absolute Gasteiger partial charge is 0.226 e. The summed E-state index contributed by atoms with van der Waals surface area (Å²) in [6, 6.07) is 7.34. The van der Waals surface area contributed by atoms with E-state index in [0.717, 1.165) is 25.1 Å². The van der Waals surface area contributed by atoms with Crippen molar-refractivity contribution in [2.75, 3.05) is 25.5 Å². The van der Waals surface area contributed by atoms with Gasteiger partial charge < -0.3 is 10.2 Å². The molecule has 1 amide bonds. The first-order chi connectivity index (χ1) is 8.15. The molecule has 0 saturated carbocycles. The van der Waals surface area contributed by atoms with Gasteiger partial charge in [0.2, 0.25) is 5.91 Å². The minimum atomic E-state index is 0.128. The van der Waals surface area contributed by atoms with Gasteiger partial charge in [-0.2, -0.15) is 0 Å². The number of nitrogens with one attached hydrogen (secondary N) is 1. The summed E-state index contributed by atoms with van der Waals surface area (Å²) in [5, 5.41) is 3.72. The first-order valence-corrected chi connectivity index (χ1v) is 6.19. The number of nitrogens with zero attached hydrogens (tertiary/aromatic N) is 1. The monoisotopic (exact) mass is 254 g/mol. The number of hydrogen-bond donors (Lipinski definition) is 1. The van der Waals surface area contributed by atoms with E-state index in [1.807, 2.05) is 19.2 Å². The molecule has 94 valence electrons. The van der Waals surface area contributed by atoms with Crippen LogP contribution in [-0.4, -0.2) is 26.5 Å². The molecule has 0 aromatic heterocycles. The maximum Gasteiger partial charge on any atom is 0.226 e. The summed E-state index contributed by atoms with van der Waals surface area (Å²) in [5.74, 6) is 0.128. The average Bonchev–Trinajstić information content (AvgIpc) is 2.33. The van der Waals surface area contributed by atoms with Crippen molar-refractivity contribution >= 4 is 23.2 Å². The third-order valence-electron chi connectivity index (χ3n) is 2.64. The Morgan fingerprint density at radius 1 is 1.41 bits per heavy atom. The van der Waals surface area contributed by atoms with E-state index in [1.165, 1.54) is 0 Å². The predicted octanol–water partition coefficient (Wildman–Crippen LogP) is 2.69. The molecule has 0 spiro atoms. The molecule has 17 heavy (non-hydrogen) atoms. The summed E-state index contributed by atoms with van der Waals surface area (Å²) < 4.78 is 0. The third kappa shape index (κ3) is 4.75. The second kappa shape index (κ2) is 7.30. The lowest BCUT2D eigenvalue weighted by atomic mass is 10.2. The van der Waals surface area contributed by atoms with Gasteiger partial charge in [-0.3, -0.25) is 4.79 Å². The Labute approximate surface area is 108 Å². The minimum Gasteiger partial charge on any atom is -0.320 e. The topological polar surface area (TPSA) is 32.3 Å². The molecule has 3 nitrogen and oxygen atoms in total. The highest BCUT2D eigenvalue weighted by Gasteiger charge is 2.10. The van der Waals surface area contributed by atoms with Crippen LogP contribution in [0.5, 0.6) is 0 Å². The van der Waals surface area contributed by atoms with E-state index in [4.69, 9.17) is 11.6 Å². The molecule has 0 bridgehead atoms. The molecule has 1 aromatic carbocycles. The number of rotatable bonds is 6. The summed E-state index contributed by atoms with van der Waals surface area (Å²) in [5.41, 5.74) is 0.844. The number of halogens is 1. The zero-order valence-electron chi connectivity index (χ0n) is 10.4. The fourth-order valence-electron chi connectivity index (χ4n) is 1.57. The van der Waals surface area contributed by atoms with Crippen LogP contribution in [0, 0.1) is 0 Å². The zero-order valence-corrected chi connectivity index (χ0v) is 11.1. The van der Waals surface area contributed by atoms with E-state index < -0.39 is 0 Å². The van der Waals surface area contributed by atoms with Crippen LogP contribution in [0.25, 0.3) is 0 Å². The van der Waals surface area contributed by atoms with Crippen molar-refractivity contribution in [1.82, 2.24) is 5.32 Å². The van der Waals surface area contributed by atoms with E-state index in [-0.39, 0.29) is 5.91 Å². The van der Waals surface area contributed by atoms with Crippen molar-refractivity contribution in [3.63, 3.8) is 0 Å². The summed E-state index contributed by atoms with van der Waals surface area (Å²) >= 11 is 5.89. The Bertz CT molecular complexity index is 368. The predicted molar refractivity (Wildman–Crippen MR) is 72.6 cm³/mol. The van der Waals surface area contributed by atoms with Gasteiger partial charge in [0, 0.05) is 24.2 Å². The second-order valence-corrected chi connectivity index (χ2v) is 4.43. The Morgan fingerprint density at radius 2 is 2.18 bits per heavy atom. The van der Waals surface area contributed by atoms with Gasteiger partial charge in [0.05, 0.1) is 0 Å². The number of carbonyl (C=O) groups excluding carboxylic acids is 1. The summed E-state index contributed by atoms with van der Waals surface area (Å²) in [4.78, 5) is 13.5. The van der Waals surface area contributed by atoms with Crippen LogP contribution in [0.3, 0.4) is 0 Å². The molecule has 0 aliphatic heterocycles. The number of anilines is 1. The van der Waals surface area contributed by atoms with Gasteiger partial charge in [-0.25, -0.2) is 0 Å². The molecular formula is C13H19ClN2O. The molecule has 0 radical (unpaired) electrons. The molecule has 0 heterocycles. The van der Waals surface area contributed by atoms with Gasteiger partial charge in [-0.05, 0) is 44.6 Å². The fraction of sp³-hybridized carbons (Fsp3) is 0.462. The quantitative estimate of drug-likeness (QED) is 0.792. The molecule has 0 aliphatic carbocycles. The Balaban J connectivity index is 2.46. The third-order valence-corrected chi connectivity index (χ3v) is 2.87. The van der Waals surface area contributed by atoms with Crippen LogP contribution in [0.2, 0.25) is 5.02 Å². The van der Waals surface area contributed by atoms with E-state index in [2.05, 4.69) is 5.32 Å². The van der Waals surface area contributed by atoms with Crippen LogP contribution < -0.4 is 10.2 Å². The SMILES string of the molecule is CNCCCCC(=O)N(C)c1cccc(Cl)c1. The summed E-state index contributed by atoms with van der Waals surface area (Å²) in [7, 11) is 3.70. The van der Waals surface area contributed by atoms with Crippen molar-refractivity contribution in [1.29, 1.82) is 0 Å².